The van der Waals surface area contributed by atoms with E-state index in [0.717, 1.165) is 44.6 Å². The van der Waals surface area contributed by atoms with Crippen LogP contribution in [0.15, 0.2) is 12.1 Å². The zero-order chi connectivity index (χ0) is 16.6. The summed E-state index contributed by atoms with van der Waals surface area (Å²) in [5, 5.41) is 0. The van der Waals surface area contributed by atoms with Gasteiger partial charge < -0.3 is 20.3 Å². The fourth-order valence-electron chi connectivity index (χ4n) is 3.63. The molecule has 0 atom stereocenters. The van der Waals surface area contributed by atoms with Gasteiger partial charge in [-0.15, -0.1) is 0 Å². The molecule has 1 saturated heterocycles. The number of likely N-dealkylation sites (tertiary alicyclic amines) is 1. The Balaban J connectivity index is 1.89. The maximum Gasteiger partial charge on any atom is 0.242 e. The van der Waals surface area contributed by atoms with Crippen LogP contribution >= 0.6 is 0 Å². The average molecular weight is 317 g/mol. The van der Waals surface area contributed by atoms with Gasteiger partial charge in [0.15, 0.2) is 0 Å². The molecule has 1 aromatic carbocycles. The van der Waals surface area contributed by atoms with Crippen molar-refractivity contribution in [1.82, 2.24) is 4.90 Å². The number of methoxy groups -OCH3 is 1. The van der Waals surface area contributed by atoms with Gasteiger partial charge >= 0.3 is 0 Å². The highest BCUT2D eigenvalue weighted by molar-refractivity contribution is 5.83. The van der Waals surface area contributed by atoms with Crippen LogP contribution in [0.5, 0.6) is 5.75 Å². The zero-order valence-corrected chi connectivity index (χ0v) is 14.4. The molecule has 0 aromatic heterocycles. The fourth-order valence-corrected chi connectivity index (χ4v) is 3.63. The molecule has 5 heteroatoms. The highest BCUT2D eigenvalue weighted by atomic mass is 16.5. The summed E-state index contributed by atoms with van der Waals surface area (Å²) < 4.78 is 5.38. The van der Waals surface area contributed by atoms with E-state index in [4.69, 9.17) is 10.5 Å². The third kappa shape index (κ3) is 2.96. The molecule has 0 spiro atoms. The van der Waals surface area contributed by atoms with E-state index in [1.165, 1.54) is 5.56 Å². The summed E-state index contributed by atoms with van der Waals surface area (Å²) in [4.78, 5) is 16.7. The minimum Gasteiger partial charge on any atom is -0.495 e. The molecule has 0 bridgehead atoms. The van der Waals surface area contributed by atoms with Crippen molar-refractivity contribution in [1.29, 1.82) is 0 Å². The van der Waals surface area contributed by atoms with Gasteiger partial charge in [-0.3, -0.25) is 4.79 Å². The Bertz CT molecular complexity index is 607. The van der Waals surface area contributed by atoms with Crippen LogP contribution in [0.1, 0.15) is 38.7 Å². The summed E-state index contributed by atoms with van der Waals surface area (Å²) in [5.41, 5.74) is 9.09. The molecule has 2 aliphatic rings. The largest absolute Gasteiger partial charge is 0.495 e. The van der Waals surface area contributed by atoms with Crippen molar-refractivity contribution in [3.8, 4) is 5.75 Å². The monoisotopic (exact) mass is 317 g/mol. The lowest BCUT2D eigenvalue weighted by molar-refractivity contribution is -0.128. The molecule has 0 aliphatic carbocycles. The lowest BCUT2D eigenvalue weighted by atomic mass is 9.77. The van der Waals surface area contributed by atoms with Gasteiger partial charge in [0, 0.05) is 25.3 Å². The van der Waals surface area contributed by atoms with E-state index in [0.29, 0.717) is 18.0 Å². The number of hydrogen-bond donors (Lipinski definition) is 1. The van der Waals surface area contributed by atoms with Crippen molar-refractivity contribution >= 4 is 17.3 Å². The number of benzene rings is 1. The van der Waals surface area contributed by atoms with Crippen molar-refractivity contribution in [3.63, 3.8) is 0 Å². The van der Waals surface area contributed by atoms with E-state index < -0.39 is 0 Å². The highest BCUT2D eigenvalue weighted by Gasteiger charge is 2.33. The van der Waals surface area contributed by atoms with E-state index in [1.807, 2.05) is 17.0 Å². The third-order valence-electron chi connectivity index (χ3n) is 5.21. The normalized spacial score (nSPS) is 19.6. The number of nitrogen functional groups attached to an aromatic ring is 1. The molecule has 23 heavy (non-hydrogen) atoms. The Kier molecular flexibility index (Phi) is 4.13. The first-order valence-corrected chi connectivity index (χ1v) is 8.43. The summed E-state index contributed by atoms with van der Waals surface area (Å²) in [7, 11) is 1.64. The Morgan fingerprint density at radius 2 is 1.96 bits per heavy atom. The van der Waals surface area contributed by atoms with Gasteiger partial charge in [0.1, 0.15) is 5.75 Å². The number of nitrogens with zero attached hydrogens (tertiary/aromatic N) is 2. The number of fused-ring (bicyclic) bond motifs is 1. The van der Waals surface area contributed by atoms with E-state index >= 15 is 0 Å². The molecule has 0 saturated carbocycles. The molecule has 2 heterocycles. The van der Waals surface area contributed by atoms with Crippen LogP contribution in [-0.2, 0) is 10.2 Å². The van der Waals surface area contributed by atoms with E-state index in [1.54, 1.807) is 7.11 Å². The van der Waals surface area contributed by atoms with Gasteiger partial charge in [-0.05, 0) is 42.4 Å². The minimum atomic E-state index is 0.0590. The first kappa shape index (κ1) is 16.0. The number of ether oxygens (including phenoxy) is 1. The lowest BCUT2D eigenvalue weighted by Gasteiger charge is -2.40. The zero-order valence-electron chi connectivity index (χ0n) is 14.4. The van der Waals surface area contributed by atoms with Crippen LogP contribution in [-0.4, -0.2) is 44.1 Å². The maximum absolute atomic E-state index is 12.5. The molecule has 0 unspecified atom stereocenters. The molecular formula is C18H27N3O2. The molecule has 3 rings (SSSR count). The van der Waals surface area contributed by atoms with Crippen molar-refractivity contribution in [2.75, 3.05) is 43.9 Å². The van der Waals surface area contributed by atoms with Crippen molar-refractivity contribution in [2.45, 2.75) is 38.5 Å². The van der Waals surface area contributed by atoms with Gasteiger partial charge in [0.05, 0.1) is 19.3 Å². The number of carbonyl (C=O) groups excluding carboxylic acids is 1. The molecule has 126 valence electrons. The molecule has 1 aromatic rings. The second-order valence-corrected chi connectivity index (χ2v) is 7.25. The fraction of sp³-hybridized carbons (Fsp3) is 0.611. The van der Waals surface area contributed by atoms with Crippen LogP contribution < -0.4 is 15.4 Å². The number of hydrogen-bond acceptors (Lipinski definition) is 4. The van der Waals surface area contributed by atoms with Crippen molar-refractivity contribution in [3.05, 3.63) is 17.7 Å². The predicted molar refractivity (Wildman–Crippen MR) is 93.1 cm³/mol. The lowest BCUT2D eigenvalue weighted by Crippen LogP contribution is -2.44. The summed E-state index contributed by atoms with van der Waals surface area (Å²) in [6, 6.07) is 4.00. The van der Waals surface area contributed by atoms with Crippen molar-refractivity contribution in [2.24, 2.45) is 0 Å². The first-order chi connectivity index (χ1) is 10.9. The molecule has 0 radical (unpaired) electrons. The second kappa shape index (κ2) is 5.95. The Hall–Kier alpha value is -1.91. The van der Waals surface area contributed by atoms with E-state index in [9.17, 15) is 4.79 Å². The number of nitrogens with two attached hydrogens (primary N) is 1. The molecule has 2 N–H and O–H groups in total. The summed E-state index contributed by atoms with van der Waals surface area (Å²) >= 11 is 0. The molecular weight excluding hydrogens is 290 g/mol. The quantitative estimate of drug-likeness (QED) is 0.870. The Morgan fingerprint density at radius 3 is 2.61 bits per heavy atom. The van der Waals surface area contributed by atoms with Crippen LogP contribution in [0.25, 0.3) is 0 Å². The highest BCUT2D eigenvalue weighted by Crippen LogP contribution is 2.43. The van der Waals surface area contributed by atoms with Gasteiger partial charge in [-0.2, -0.15) is 0 Å². The average Bonchev–Trinajstić information content (AvgIpc) is 3.04. The van der Waals surface area contributed by atoms with Gasteiger partial charge in [-0.25, -0.2) is 0 Å². The molecule has 2 aliphatic heterocycles. The molecule has 1 fully saturated rings. The van der Waals surface area contributed by atoms with E-state index in [-0.39, 0.29) is 11.3 Å². The summed E-state index contributed by atoms with van der Waals surface area (Å²) in [6.07, 6.45) is 3.26. The van der Waals surface area contributed by atoms with Crippen LogP contribution in [0, 0.1) is 0 Å². The smallest absolute Gasteiger partial charge is 0.242 e. The predicted octanol–water partition coefficient (Wildman–Crippen LogP) is 2.39. The van der Waals surface area contributed by atoms with Crippen LogP contribution in [0.4, 0.5) is 11.4 Å². The Morgan fingerprint density at radius 1 is 1.26 bits per heavy atom. The number of amides is 1. The standard InChI is InChI=1S/C18H27N3O2/c1-18(2)6-9-21(12-17(22)20-7-4-5-8-20)15-11-14(19)16(23-3)10-13(15)18/h10-11H,4-9,12,19H2,1-3H3. The minimum absolute atomic E-state index is 0.0590. The summed E-state index contributed by atoms with van der Waals surface area (Å²) in [6.45, 7) is 7.59. The number of carbonyl (C=O) groups is 1. The van der Waals surface area contributed by atoms with Crippen LogP contribution in [0.3, 0.4) is 0 Å². The van der Waals surface area contributed by atoms with Crippen LogP contribution in [0.2, 0.25) is 0 Å². The second-order valence-electron chi connectivity index (χ2n) is 7.25. The van der Waals surface area contributed by atoms with Crippen molar-refractivity contribution < 1.29 is 9.53 Å². The van der Waals surface area contributed by atoms with Gasteiger partial charge in [0.25, 0.3) is 0 Å². The summed E-state index contributed by atoms with van der Waals surface area (Å²) in [5.74, 6) is 0.937. The number of rotatable bonds is 3. The maximum atomic E-state index is 12.5. The third-order valence-corrected chi connectivity index (χ3v) is 5.21. The topological polar surface area (TPSA) is 58.8 Å². The first-order valence-electron chi connectivity index (χ1n) is 8.43. The molecule has 5 nitrogen and oxygen atoms in total. The SMILES string of the molecule is COc1cc2c(cc1N)N(CC(=O)N1CCCC1)CCC2(C)C. The van der Waals surface area contributed by atoms with E-state index in [2.05, 4.69) is 18.7 Å². The van der Waals surface area contributed by atoms with Gasteiger partial charge in [-0.1, -0.05) is 13.8 Å². The molecule has 1 amide bonds. The van der Waals surface area contributed by atoms with Gasteiger partial charge in [0.2, 0.25) is 5.91 Å². The Labute approximate surface area is 138 Å². The number of anilines is 2.